The molecule has 0 fully saturated rings. The lowest BCUT2D eigenvalue weighted by molar-refractivity contribution is -0.132. The van der Waals surface area contributed by atoms with E-state index in [1.807, 2.05) is 0 Å². The van der Waals surface area contributed by atoms with Gasteiger partial charge in [-0.1, -0.05) is 21.9 Å². The van der Waals surface area contributed by atoms with E-state index >= 15 is 0 Å². The third kappa shape index (κ3) is 2.23. The van der Waals surface area contributed by atoms with Gasteiger partial charge in [0.2, 0.25) is 5.71 Å². The molecule has 0 saturated carbocycles. The molecule has 7 heteroatoms. The van der Waals surface area contributed by atoms with Crippen LogP contribution in [0, 0.1) is 0 Å². The molecule has 0 bridgehead atoms. The minimum atomic E-state index is -0.695. The topological polar surface area (TPSA) is 73.9 Å². The molecule has 1 aromatic rings. The number of hydrogen-bond donors (Lipinski definition) is 0. The molecule has 1 heterocycles. The second-order valence-corrected chi connectivity index (χ2v) is 2.52. The van der Waals surface area contributed by atoms with Crippen molar-refractivity contribution in [2.75, 3.05) is 14.2 Å². The van der Waals surface area contributed by atoms with Gasteiger partial charge in [0.25, 0.3) is 0 Å². The molecule has 0 aromatic carbocycles. The van der Waals surface area contributed by atoms with Crippen LogP contribution in [0.1, 0.15) is 5.76 Å². The van der Waals surface area contributed by atoms with Gasteiger partial charge in [-0.3, -0.25) is 0 Å². The molecule has 0 spiro atoms. The van der Waals surface area contributed by atoms with Gasteiger partial charge < -0.3 is 14.1 Å². The fourth-order valence-corrected chi connectivity index (χ4v) is 0.870. The number of esters is 1. The van der Waals surface area contributed by atoms with Gasteiger partial charge in [0.05, 0.1) is 7.11 Å². The first-order chi connectivity index (χ1) is 6.69. The summed E-state index contributed by atoms with van der Waals surface area (Å²) in [4.78, 5) is 15.6. The van der Waals surface area contributed by atoms with Crippen LogP contribution in [0.4, 0.5) is 0 Å². The van der Waals surface area contributed by atoms with E-state index in [9.17, 15) is 4.79 Å². The summed E-state index contributed by atoms with van der Waals surface area (Å²) in [7, 11) is 2.51. The molecule has 0 unspecified atom stereocenters. The first-order valence-electron chi connectivity index (χ1n) is 3.51. The van der Waals surface area contributed by atoms with Crippen LogP contribution >= 0.6 is 11.6 Å². The van der Waals surface area contributed by atoms with Crippen molar-refractivity contribution in [3.05, 3.63) is 17.0 Å². The van der Waals surface area contributed by atoms with Gasteiger partial charge in [0.1, 0.15) is 7.11 Å². The van der Waals surface area contributed by atoms with E-state index in [1.54, 1.807) is 0 Å². The first-order valence-corrected chi connectivity index (χ1v) is 3.89. The molecular formula is C7H7ClN2O4. The minimum Gasteiger partial charge on any atom is -0.464 e. The Balaban J connectivity index is 3.00. The lowest BCUT2D eigenvalue weighted by Gasteiger charge is -1.97. The van der Waals surface area contributed by atoms with Gasteiger partial charge in [-0.15, -0.1) is 0 Å². The summed E-state index contributed by atoms with van der Waals surface area (Å²) < 4.78 is 9.16. The van der Waals surface area contributed by atoms with Crippen LogP contribution < -0.4 is 0 Å². The van der Waals surface area contributed by atoms with Gasteiger partial charge >= 0.3 is 5.97 Å². The predicted octanol–water partition coefficient (Wildman–Crippen LogP) is 0.852. The quantitative estimate of drug-likeness (QED) is 0.427. The number of nitrogens with zero attached hydrogens (tertiary/aromatic N) is 2. The van der Waals surface area contributed by atoms with Crippen molar-refractivity contribution in [3.8, 4) is 0 Å². The minimum absolute atomic E-state index is 0.0868. The highest BCUT2D eigenvalue weighted by molar-refractivity contribution is 6.42. The Labute approximate surface area is 84.4 Å². The largest absolute Gasteiger partial charge is 0.464 e. The molecular weight excluding hydrogens is 212 g/mol. The number of oxime groups is 1. The molecule has 0 radical (unpaired) electrons. The standard InChI is InChI=1S/C7H7ClN2O4/c1-12-7(11)6(10-13-2)4-3-5(8)9-14-4/h3H,1-2H3/b10-6-. The molecule has 1 rings (SSSR count). The van der Waals surface area contributed by atoms with E-state index in [2.05, 4.69) is 19.9 Å². The lowest BCUT2D eigenvalue weighted by atomic mass is 10.3. The van der Waals surface area contributed by atoms with E-state index in [1.165, 1.54) is 20.3 Å². The summed E-state index contributed by atoms with van der Waals surface area (Å²) in [5.41, 5.74) is -0.130. The highest BCUT2D eigenvalue weighted by Gasteiger charge is 2.20. The Morgan fingerprint density at radius 1 is 1.64 bits per heavy atom. The van der Waals surface area contributed by atoms with E-state index in [0.29, 0.717) is 0 Å². The predicted molar refractivity (Wildman–Crippen MR) is 47.1 cm³/mol. The highest BCUT2D eigenvalue weighted by Crippen LogP contribution is 2.10. The molecule has 14 heavy (non-hydrogen) atoms. The molecule has 6 nitrogen and oxygen atoms in total. The van der Waals surface area contributed by atoms with Crippen LogP contribution in [-0.4, -0.2) is 31.1 Å². The summed E-state index contributed by atoms with van der Waals surface area (Å²) >= 11 is 5.50. The lowest BCUT2D eigenvalue weighted by Crippen LogP contribution is -2.16. The van der Waals surface area contributed by atoms with E-state index in [4.69, 9.17) is 16.1 Å². The van der Waals surface area contributed by atoms with E-state index < -0.39 is 5.97 Å². The number of hydrogen-bond acceptors (Lipinski definition) is 6. The van der Waals surface area contributed by atoms with Gasteiger partial charge in [0, 0.05) is 6.07 Å². The third-order valence-corrected chi connectivity index (χ3v) is 1.45. The summed E-state index contributed by atoms with van der Waals surface area (Å²) in [6.07, 6.45) is 0. The SMILES string of the molecule is CO/N=C(\C(=O)OC)c1cc(Cl)no1. The summed E-state index contributed by atoms with van der Waals surface area (Å²) in [5.74, 6) is -0.608. The van der Waals surface area contributed by atoms with E-state index in [0.717, 1.165) is 0 Å². The Kier molecular flexibility index (Phi) is 3.47. The summed E-state index contributed by atoms with van der Waals surface area (Å²) in [6.45, 7) is 0. The molecule has 0 atom stereocenters. The first kappa shape index (κ1) is 10.5. The molecule has 0 aliphatic heterocycles. The molecule has 76 valence electrons. The monoisotopic (exact) mass is 218 g/mol. The average molecular weight is 219 g/mol. The summed E-state index contributed by atoms with van der Waals surface area (Å²) in [6, 6.07) is 1.33. The molecule has 0 aliphatic rings. The van der Waals surface area contributed by atoms with Crippen molar-refractivity contribution in [2.45, 2.75) is 0 Å². The molecule has 0 aliphatic carbocycles. The molecule has 0 amide bonds. The second kappa shape index (κ2) is 4.61. The maximum atomic E-state index is 11.1. The van der Waals surface area contributed by atoms with Crippen molar-refractivity contribution in [2.24, 2.45) is 5.16 Å². The van der Waals surface area contributed by atoms with E-state index in [-0.39, 0.29) is 16.6 Å². The maximum absolute atomic E-state index is 11.1. The van der Waals surface area contributed by atoms with Crippen LogP contribution in [0.3, 0.4) is 0 Å². The maximum Gasteiger partial charge on any atom is 0.364 e. The fraction of sp³-hybridized carbons (Fsp3) is 0.286. The molecule has 0 N–H and O–H groups in total. The van der Waals surface area contributed by atoms with Crippen molar-refractivity contribution in [3.63, 3.8) is 0 Å². The summed E-state index contributed by atoms with van der Waals surface area (Å²) in [5, 5.41) is 6.93. The number of ether oxygens (including phenoxy) is 1. The van der Waals surface area contributed by atoms with Crippen molar-refractivity contribution in [1.82, 2.24) is 5.16 Å². The highest BCUT2D eigenvalue weighted by atomic mass is 35.5. The van der Waals surface area contributed by atoms with Crippen LogP contribution in [0.5, 0.6) is 0 Å². The zero-order valence-electron chi connectivity index (χ0n) is 7.48. The van der Waals surface area contributed by atoms with Gasteiger partial charge in [-0.05, 0) is 0 Å². The number of carbonyl (C=O) groups is 1. The zero-order valence-corrected chi connectivity index (χ0v) is 8.24. The van der Waals surface area contributed by atoms with Crippen LogP contribution in [0.2, 0.25) is 5.15 Å². The van der Waals surface area contributed by atoms with Gasteiger partial charge in [0.15, 0.2) is 10.9 Å². The van der Waals surface area contributed by atoms with Crippen LogP contribution in [0.15, 0.2) is 15.7 Å². The smallest absolute Gasteiger partial charge is 0.364 e. The molecule has 0 saturated heterocycles. The number of methoxy groups -OCH3 is 1. The Morgan fingerprint density at radius 3 is 2.79 bits per heavy atom. The van der Waals surface area contributed by atoms with Crippen molar-refractivity contribution >= 4 is 23.3 Å². The fourth-order valence-electron chi connectivity index (χ4n) is 0.736. The Hall–Kier alpha value is -1.56. The van der Waals surface area contributed by atoms with Crippen molar-refractivity contribution in [1.29, 1.82) is 0 Å². The van der Waals surface area contributed by atoms with Crippen LogP contribution in [0.25, 0.3) is 0 Å². The number of halogens is 1. The number of carbonyl (C=O) groups excluding carboxylic acids is 1. The zero-order chi connectivity index (χ0) is 10.6. The third-order valence-electron chi connectivity index (χ3n) is 1.28. The Bertz CT molecular complexity index is 360. The number of aromatic nitrogens is 1. The second-order valence-electron chi connectivity index (χ2n) is 2.13. The average Bonchev–Trinajstić information content (AvgIpc) is 2.60. The normalized spacial score (nSPS) is 11.2. The van der Waals surface area contributed by atoms with Crippen molar-refractivity contribution < 1.29 is 18.9 Å². The van der Waals surface area contributed by atoms with Crippen LogP contribution in [-0.2, 0) is 14.4 Å². The van der Waals surface area contributed by atoms with Gasteiger partial charge in [-0.25, -0.2) is 4.79 Å². The molecule has 1 aromatic heterocycles. The Morgan fingerprint density at radius 2 is 2.36 bits per heavy atom. The number of rotatable bonds is 3. The van der Waals surface area contributed by atoms with Gasteiger partial charge in [-0.2, -0.15) is 0 Å².